The fourth-order valence-electron chi connectivity index (χ4n) is 2.10. The number of nitrogens with zero attached hydrogens (tertiary/aromatic N) is 2. The highest BCUT2D eigenvalue weighted by atomic mass is 32.2. The second-order valence-corrected chi connectivity index (χ2v) is 6.36. The molecule has 1 aliphatic heterocycles. The van der Waals surface area contributed by atoms with Crippen LogP contribution in [0.25, 0.3) is 0 Å². The van der Waals surface area contributed by atoms with Crippen LogP contribution in [0.2, 0.25) is 0 Å². The van der Waals surface area contributed by atoms with Gasteiger partial charge in [-0.2, -0.15) is 4.31 Å². The number of halogens is 2. The highest BCUT2D eigenvalue weighted by molar-refractivity contribution is 7.89. The van der Waals surface area contributed by atoms with Gasteiger partial charge in [0.15, 0.2) is 0 Å². The molecule has 1 unspecified atom stereocenters. The number of piperazine rings is 1. The molecule has 1 fully saturated rings. The average molecular weight is 321 g/mol. The molecule has 0 bridgehead atoms. The van der Waals surface area contributed by atoms with E-state index in [-0.39, 0.29) is 30.2 Å². The van der Waals surface area contributed by atoms with Gasteiger partial charge in [0.05, 0.1) is 15.9 Å². The van der Waals surface area contributed by atoms with Crippen molar-refractivity contribution in [2.45, 2.75) is 17.4 Å². The zero-order valence-electron chi connectivity index (χ0n) is 10.8. The van der Waals surface area contributed by atoms with E-state index in [1.807, 2.05) is 0 Å². The van der Waals surface area contributed by atoms with Crippen molar-refractivity contribution in [3.05, 3.63) is 34.4 Å². The van der Waals surface area contributed by atoms with Gasteiger partial charge in [-0.05, 0) is 12.1 Å². The van der Waals surface area contributed by atoms with Crippen LogP contribution in [-0.4, -0.2) is 49.7 Å². The summed E-state index contributed by atoms with van der Waals surface area (Å²) in [6.07, 6.45) is -2.81. The van der Waals surface area contributed by atoms with Crippen molar-refractivity contribution in [1.82, 2.24) is 9.62 Å². The normalized spacial score (nSPS) is 20.6. The van der Waals surface area contributed by atoms with Crippen LogP contribution in [-0.2, 0) is 10.0 Å². The molecule has 0 saturated carbocycles. The zero-order valence-corrected chi connectivity index (χ0v) is 11.6. The van der Waals surface area contributed by atoms with Crippen LogP contribution in [0, 0.1) is 10.1 Å². The number of hydrogen-bond acceptors (Lipinski definition) is 5. The molecule has 116 valence electrons. The number of nitro benzene ring substituents is 1. The third-order valence-corrected chi connectivity index (χ3v) is 5.12. The Bertz CT molecular complexity index is 621. The maximum absolute atomic E-state index is 13.0. The zero-order chi connectivity index (χ0) is 15.6. The smallest absolute Gasteiger partial charge is 0.269 e. The maximum Gasteiger partial charge on any atom is 0.269 e. The molecular formula is C11H13F2N3O4S. The van der Waals surface area contributed by atoms with Crippen LogP contribution in [0.1, 0.15) is 0 Å². The summed E-state index contributed by atoms with van der Waals surface area (Å²) < 4.78 is 51.4. The fraction of sp³-hybridized carbons (Fsp3) is 0.455. The molecule has 10 heteroatoms. The highest BCUT2D eigenvalue weighted by Crippen LogP contribution is 2.24. The quantitative estimate of drug-likeness (QED) is 0.655. The van der Waals surface area contributed by atoms with Gasteiger partial charge in [-0.25, -0.2) is 17.2 Å². The molecule has 1 aromatic rings. The van der Waals surface area contributed by atoms with E-state index >= 15 is 0 Å². The van der Waals surface area contributed by atoms with Crippen LogP contribution in [0.3, 0.4) is 0 Å². The van der Waals surface area contributed by atoms with Gasteiger partial charge in [0, 0.05) is 31.8 Å². The molecule has 1 saturated heterocycles. The molecular weight excluding hydrogens is 308 g/mol. The lowest BCUT2D eigenvalue weighted by Gasteiger charge is -2.34. The third kappa shape index (κ3) is 3.17. The number of non-ortho nitro benzene ring substituents is 1. The Morgan fingerprint density at radius 1 is 1.33 bits per heavy atom. The molecule has 1 aromatic carbocycles. The second-order valence-electron chi connectivity index (χ2n) is 4.47. The first kappa shape index (κ1) is 15.7. The number of sulfonamides is 1. The lowest BCUT2D eigenvalue weighted by Crippen LogP contribution is -2.56. The Labute approximate surface area is 119 Å². The number of rotatable bonds is 4. The first-order valence-electron chi connectivity index (χ1n) is 6.09. The molecule has 0 radical (unpaired) electrons. The Morgan fingerprint density at radius 2 is 1.95 bits per heavy atom. The summed E-state index contributed by atoms with van der Waals surface area (Å²) in [5.74, 6) is 0. The predicted octanol–water partition coefficient (Wildman–Crippen LogP) is 0.822. The van der Waals surface area contributed by atoms with Gasteiger partial charge in [-0.15, -0.1) is 0 Å². The summed E-state index contributed by atoms with van der Waals surface area (Å²) in [5.41, 5.74) is -0.264. The minimum Gasteiger partial charge on any atom is -0.314 e. The van der Waals surface area contributed by atoms with Gasteiger partial charge >= 0.3 is 0 Å². The number of alkyl halides is 2. The van der Waals surface area contributed by atoms with Crippen molar-refractivity contribution < 1.29 is 22.1 Å². The van der Waals surface area contributed by atoms with Crippen LogP contribution in [0.15, 0.2) is 29.2 Å². The van der Waals surface area contributed by atoms with Gasteiger partial charge in [-0.1, -0.05) is 0 Å². The van der Waals surface area contributed by atoms with Crippen LogP contribution in [0.5, 0.6) is 0 Å². The fourth-order valence-corrected chi connectivity index (χ4v) is 3.70. The minimum absolute atomic E-state index is 0.0751. The molecule has 7 nitrogen and oxygen atoms in total. The monoisotopic (exact) mass is 321 g/mol. The molecule has 1 atom stereocenters. The van der Waals surface area contributed by atoms with Crippen molar-refractivity contribution in [3.63, 3.8) is 0 Å². The van der Waals surface area contributed by atoms with E-state index < -0.39 is 27.4 Å². The second kappa shape index (κ2) is 6.00. The first-order chi connectivity index (χ1) is 9.84. The van der Waals surface area contributed by atoms with Gasteiger partial charge in [0.1, 0.15) is 0 Å². The van der Waals surface area contributed by atoms with Crippen molar-refractivity contribution in [2.75, 3.05) is 19.6 Å². The van der Waals surface area contributed by atoms with Gasteiger partial charge in [-0.3, -0.25) is 10.1 Å². The summed E-state index contributed by atoms with van der Waals surface area (Å²) in [5, 5.41) is 13.3. The third-order valence-electron chi connectivity index (χ3n) is 3.18. The van der Waals surface area contributed by atoms with E-state index in [1.165, 1.54) is 0 Å². The summed E-state index contributed by atoms with van der Waals surface area (Å²) in [7, 11) is -4.11. The molecule has 0 aromatic heterocycles. The van der Waals surface area contributed by atoms with Gasteiger partial charge in [0.25, 0.3) is 12.1 Å². The topological polar surface area (TPSA) is 92.5 Å². The molecule has 0 spiro atoms. The lowest BCUT2D eigenvalue weighted by atomic mass is 10.2. The van der Waals surface area contributed by atoms with E-state index in [0.29, 0.717) is 0 Å². The van der Waals surface area contributed by atoms with E-state index in [4.69, 9.17) is 0 Å². The summed E-state index contributed by atoms with van der Waals surface area (Å²) >= 11 is 0. The number of nitrogens with one attached hydrogen (secondary N) is 1. The van der Waals surface area contributed by atoms with Crippen molar-refractivity contribution in [2.24, 2.45) is 0 Å². The summed E-state index contributed by atoms with van der Waals surface area (Å²) in [6.45, 7) is 0.0631. The van der Waals surface area contributed by atoms with E-state index in [1.54, 1.807) is 0 Å². The van der Waals surface area contributed by atoms with Crippen LogP contribution < -0.4 is 5.32 Å². The summed E-state index contributed by atoms with van der Waals surface area (Å²) in [6, 6.07) is 2.73. The van der Waals surface area contributed by atoms with E-state index in [0.717, 1.165) is 28.6 Å². The van der Waals surface area contributed by atoms with Crippen molar-refractivity contribution in [1.29, 1.82) is 0 Å². The molecule has 0 aliphatic carbocycles. The largest absolute Gasteiger partial charge is 0.314 e. The van der Waals surface area contributed by atoms with Crippen molar-refractivity contribution in [3.8, 4) is 0 Å². The first-order valence-corrected chi connectivity index (χ1v) is 7.53. The van der Waals surface area contributed by atoms with Crippen LogP contribution in [0.4, 0.5) is 14.5 Å². The molecule has 21 heavy (non-hydrogen) atoms. The highest BCUT2D eigenvalue weighted by Gasteiger charge is 2.38. The van der Waals surface area contributed by atoms with Gasteiger partial charge < -0.3 is 5.32 Å². The Hall–Kier alpha value is -1.65. The number of benzene rings is 1. The molecule has 0 amide bonds. The molecule has 2 rings (SSSR count). The lowest BCUT2D eigenvalue weighted by molar-refractivity contribution is -0.384. The Morgan fingerprint density at radius 3 is 2.48 bits per heavy atom. The van der Waals surface area contributed by atoms with Crippen LogP contribution >= 0.6 is 0 Å². The standard InChI is InChI=1S/C11H13F2N3O4S/c12-11(13)10-7-14-5-6-15(10)21(19,20)9-3-1-8(2-4-9)16(17)18/h1-4,10-11,14H,5-7H2. The predicted molar refractivity (Wildman–Crippen MR) is 69.6 cm³/mol. The van der Waals surface area contributed by atoms with Gasteiger partial charge in [0.2, 0.25) is 10.0 Å². The van der Waals surface area contributed by atoms with E-state index in [9.17, 15) is 27.3 Å². The summed E-state index contributed by atoms with van der Waals surface area (Å²) in [4.78, 5) is 9.64. The minimum atomic E-state index is -4.11. The Kier molecular flexibility index (Phi) is 4.49. The SMILES string of the molecule is O=[N+]([O-])c1ccc(S(=O)(=O)N2CCNCC2C(F)F)cc1. The number of hydrogen-bond donors (Lipinski definition) is 1. The van der Waals surface area contributed by atoms with E-state index in [2.05, 4.69) is 5.32 Å². The van der Waals surface area contributed by atoms with Crippen molar-refractivity contribution >= 4 is 15.7 Å². The molecule has 1 heterocycles. The Balaban J connectivity index is 2.33. The average Bonchev–Trinajstić information content (AvgIpc) is 2.47. The number of nitro groups is 1. The molecule has 1 aliphatic rings. The molecule has 1 N–H and O–H groups in total. The maximum atomic E-state index is 13.0.